The van der Waals surface area contributed by atoms with Crippen molar-refractivity contribution in [2.45, 2.75) is 31.8 Å². The molecule has 1 aromatic carbocycles. The Hall–Kier alpha value is -2.57. The summed E-state index contributed by atoms with van der Waals surface area (Å²) in [6.45, 7) is 0.400. The van der Waals surface area contributed by atoms with Gasteiger partial charge in [-0.05, 0) is 29.7 Å². The van der Waals surface area contributed by atoms with Crippen molar-refractivity contribution in [1.82, 2.24) is 9.80 Å². The number of carboxylic acid groups (broad SMARTS) is 1. The number of likely N-dealkylation sites (tertiary alicyclic amines) is 1. The fourth-order valence-electron chi connectivity index (χ4n) is 3.00. The molecule has 0 unspecified atom stereocenters. The van der Waals surface area contributed by atoms with Crippen molar-refractivity contribution < 1.29 is 24.6 Å². The number of urea groups is 1. The number of nitrogens with zero attached hydrogens (tertiary/aromatic N) is 2. The first-order valence-corrected chi connectivity index (χ1v) is 7.12. The molecule has 2 aliphatic rings. The first-order valence-electron chi connectivity index (χ1n) is 7.12. The molecule has 1 atom stereocenters. The molecule has 2 aliphatic heterocycles. The molecule has 1 fully saturated rings. The van der Waals surface area contributed by atoms with Crippen LogP contribution < -0.4 is 0 Å². The van der Waals surface area contributed by atoms with E-state index in [1.807, 2.05) is 0 Å². The molecule has 2 N–H and O–H groups in total. The number of hydrogen-bond donors (Lipinski definition) is 2. The second-order valence-electron chi connectivity index (χ2n) is 5.57. The molecule has 1 saturated heterocycles. The quantitative estimate of drug-likeness (QED) is 0.805. The third-order valence-electron chi connectivity index (χ3n) is 4.16. The van der Waals surface area contributed by atoms with Crippen molar-refractivity contribution in [1.29, 1.82) is 0 Å². The van der Waals surface area contributed by atoms with Crippen molar-refractivity contribution in [3.05, 3.63) is 29.3 Å². The monoisotopic (exact) mass is 304 g/mol. The highest BCUT2D eigenvalue weighted by atomic mass is 16.4. The van der Waals surface area contributed by atoms with E-state index >= 15 is 0 Å². The van der Waals surface area contributed by atoms with E-state index in [0.29, 0.717) is 24.9 Å². The van der Waals surface area contributed by atoms with Crippen LogP contribution in [0.2, 0.25) is 0 Å². The van der Waals surface area contributed by atoms with Gasteiger partial charge in [0.15, 0.2) is 0 Å². The number of phenolic OH excluding ortho intramolecular Hbond substituents is 1. The fourth-order valence-corrected chi connectivity index (χ4v) is 3.00. The maximum Gasteiger partial charge on any atom is 0.327 e. The van der Waals surface area contributed by atoms with Crippen LogP contribution in [0.25, 0.3) is 0 Å². The third-order valence-corrected chi connectivity index (χ3v) is 4.16. The van der Waals surface area contributed by atoms with Crippen molar-refractivity contribution in [3.63, 3.8) is 0 Å². The number of imide groups is 1. The lowest BCUT2D eigenvalue weighted by Crippen LogP contribution is -2.53. The van der Waals surface area contributed by atoms with Gasteiger partial charge in [0.05, 0.1) is 0 Å². The Balaban J connectivity index is 1.92. The van der Waals surface area contributed by atoms with E-state index in [4.69, 9.17) is 0 Å². The van der Waals surface area contributed by atoms with Gasteiger partial charge >= 0.3 is 12.0 Å². The normalized spacial score (nSPS) is 20.9. The molecule has 0 aromatic heterocycles. The molecule has 7 heteroatoms. The van der Waals surface area contributed by atoms with E-state index in [0.717, 1.165) is 10.5 Å². The van der Waals surface area contributed by atoms with E-state index in [1.54, 1.807) is 6.07 Å². The van der Waals surface area contributed by atoms with E-state index in [1.165, 1.54) is 17.0 Å². The molecule has 3 amide bonds. The van der Waals surface area contributed by atoms with Crippen LogP contribution in [0.3, 0.4) is 0 Å². The summed E-state index contributed by atoms with van der Waals surface area (Å²) in [6.07, 6.45) is 1.08. The molecule has 3 rings (SSSR count). The fraction of sp³-hybridized carbons (Fsp3) is 0.400. The number of hydrogen-bond acceptors (Lipinski definition) is 4. The zero-order valence-electron chi connectivity index (χ0n) is 11.9. The van der Waals surface area contributed by atoms with Gasteiger partial charge in [-0.25, -0.2) is 9.59 Å². The summed E-state index contributed by atoms with van der Waals surface area (Å²) in [7, 11) is 0. The first-order chi connectivity index (χ1) is 10.5. The highest BCUT2D eigenvalue weighted by Gasteiger charge is 2.39. The van der Waals surface area contributed by atoms with Gasteiger partial charge in [-0.2, -0.15) is 0 Å². The smallest absolute Gasteiger partial charge is 0.327 e. The van der Waals surface area contributed by atoms with Crippen LogP contribution >= 0.6 is 0 Å². The summed E-state index contributed by atoms with van der Waals surface area (Å²) < 4.78 is 0. The molecule has 116 valence electrons. The lowest BCUT2D eigenvalue weighted by Gasteiger charge is -2.36. The van der Waals surface area contributed by atoms with Gasteiger partial charge in [-0.15, -0.1) is 0 Å². The molecule has 0 aliphatic carbocycles. The highest BCUT2D eigenvalue weighted by Crippen LogP contribution is 2.28. The number of rotatable bonds is 1. The Labute approximate surface area is 126 Å². The van der Waals surface area contributed by atoms with Gasteiger partial charge in [-0.3, -0.25) is 9.69 Å². The predicted molar refractivity (Wildman–Crippen MR) is 75.1 cm³/mol. The predicted octanol–water partition coefficient (Wildman–Crippen LogP) is 0.946. The van der Waals surface area contributed by atoms with Crippen molar-refractivity contribution in [2.24, 2.45) is 0 Å². The van der Waals surface area contributed by atoms with Crippen LogP contribution in [0.5, 0.6) is 5.75 Å². The summed E-state index contributed by atoms with van der Waals surface area (Å²) in [5, 5.41) is 19.0. The number of phenols is 1. The summed E-state index contributed by atoms with van der Waals surface area (Å²) in [4.78, 5) is 38.1. The number of carbonyl (C=O) groups excluding carboxylic acids is 2. The van der Waals surface area contributed by atoms with Crippen molar-refractivity contribution in [2.75, 3.05) is 6.54 Å². The van der Waals surface area contributed by atoms with Gasteiger partial charge in [0.2, 0.25) is 5.91 Å². The van der Waals surface area contributed by atoms with E-state index in [9.17, 15) is 24.6 Å². The summed E-state index contributed by atoms with van der Waals surface area (Å²) in [6, 6.07) is 3.13. The number of benzene rings is 1. The van der Waals surface area contributed by atoms with Gasteiger partial charge in [0.25, 0.3) is 0 Å². The van der Waals surface area contributed by atoms with Crippen LogP contribution in [-0.2, 0) is 22.6 Å². The van der Waals surface area contributed by atoms with Gasteiger partial charge in [-0.1, -0.05) is 6.07 Å². The Kier molecular flexibility index (Phi) is 3.48. The molecule has 0 spiro atoms. The van der Waals surface area contributed by atoms with Gasteiger partial charge in [0.1, 0.15) is 11.8 Å². The molecule has 1 aromatic rings. The SMILES string of the molecule is O=C(O)[C@H]1Cc2ccc(O)cc2CN1C(=O)N1CCCC1=O. The molecular weight excluding hydrogens is 288 g/mol. The number of amides is 3. The Bertz CT molecular complexity index is 657. The summed E-state index contributed by atoms with van der Waals surface area (Å²) in [5.41, 5.74) is 1.50. The number of carbonyl (C=O) groups is 3. The van der Waals surface area contributed by atoms with Crippen LogP contribution in [0.1, 0.15) is 24.0 Å². The van der Waals surface area contributed by atoms with Crippen LogP contribution in [0.4, 0.5) is 4.79 Å². The number of aromatic hydroxyl groups is 1. The molecule has 0 bridgehead atoms. The molecule has 7 nitrogen and oxygen atoms in total. The number of fused-ring (bicyclic) bond motifs is 1. The average molecular weight is 304 g/mol. The Morgan fingerprint density at radius 1 is 1.23 bits per heavy atom. The zero-order chi connectivity index (χ0) is 15.9. The van der Waals surface area contributed by atoms with Gasteiger partial charge < -0.3 is 15.1 Å². The average Bonchev–Trinajstić information content (AvgIpc) is 2.91. The van der Waals surface area contributed by atoms with Gasteiger partial charge in [0, 0.05) is 25.9 Å². The molecule has 22 heavy (non-hydrogen) atoms. The topological polar surface area (TPSA) is 98.2 Å². The third kappa shape index (κ3) is 2.38. The zero-order valence-corrected chi connectivity index (χ0v) is 11.9. The van der Waals surface area contributed by atoms with E-state index in [2.05, 4.69) is 0 Å². The largest absolute Gasteiger partial charge is 0.508 e. The number of carboxylic acids is 1. The summed E-state index contributed by atoms with van der Waals surface area (Å²) >= 11 is 0. The van der Waals surface area contributed by atoms with Crippen LogP contribution in [0.15, 0.2) is 18.2 Å². The number of aliphatic carboxylic acids is 1. The maximum atomic E-state index is 12.5. The highest BCUT2D eigenvalue weighted by molar-refractivity contribution is 5.97. The minimum Gasteiger partial charge on any atom is -0.508 e. The lowest BCUT2D eigenvalue weighted by molar-refractivity contribution is -0.143. The van der Waals surface area contributed by atoms with Crippen LogP contribution in [-0.4, -0.2) is 50.5 Å². The molecule has 2 heterocycles. The minimum atomic E-state index is -1.10. The maximum absolute atomic E-state index is 12.5. The van der Waals surface area contributed by atoms with Crippen molar-refractivity contribution >= 4 is 17.9 Å². The van der Waals surface area contributed by atoms with Crippen LogP contribution in [0, 0.1) is 0 Å². The molecule has 0 radical (unpaired) electrons. The second-order valence-corrected chi connectivity index (χ2v) is 5.57. The molecular formula is C15H16N2O5. The van der Waals surface area contributed by atoms with E-state index in [-0.39, 0.29) is 24.6 Å². The van der Waals surface area contributed by atoms with E-state index < -0.39 is 18.0 Å². The Morgan fingerprint density at radius 3 is 2.64 bits per heavy atom. The first kappa shape index (κ1) is 14.4. The second kappa shape index (κ2) is 5.32. The van der Waals surface area contributed by atoms with Crippen molar-refractivity contribution in [3.8, 4) is 5.75 Å². The summed E-state index contributed by atoms with van der Waals surface area (Å²) in [5.74, 6) is -1.30. The standard InChI is InChI=1S/C15H16N2O5/c18-11-4-3-9-7-12(14(20)21)17(8-10(9)6-11)15(22)16-5-1-2-13(16)19/h3-4,6,12,18H,1-2,5,7-8H2,(H,20,21)/t12-/m1/s1. The lowest BCUT2D eigenvalue weighted by atomic mass is 9.94. The Morgan fingerprint density at radius 2 is 2.00 bits per heavy atom. The molecule has 0 saturated carbocycles. The minimum absolute atomic E-state index is 0.0668.